The second-order valence-corrected chi connectivity index (χ2v) is 9.39. The number of carbonyl (C=O) groups excluding carboxylic acids is 1. The van der Waals surface area contributed by atoms with Crippen LogP contribution < -0.4 is 0 Å². The fourth-order valence-corrected chi connectivity index (χ4v) is 5.83. The maximum Gasteiger partial charge on any atom is 0.274 e. The van der Waals surface area contributed by atoms with Crippen LogP contribution in [0.1, 0.15) is 51.4 Å². The summed E-state index contributed by atoms with van der Waals surface area (Å²) in [6, 6.07) is -0.216. The van der Waals surface area contributed by atoms with E-state index in [-0.39, 0.29) is 17.9 Å². The van der Waals surface area contributed by atoms with Crippen molar-refractivity contribution in [1.82, 2.24) is 4.31 Å². The number of ether oxygens (including phenoxy) is 1. The summed E-state index contributed by atoms with van der Waals surface area (Å²) in [6.07, 6.45) is 14.1. The SMILES string of the molecule is O=C(COC1=CN=C2CC=CC=C12)N(C1CCCCC1)S(=O)(=O)C1CC1. The van der Waals surface area contributed by atoms with Crippen LogP contribution in [0.15, 0.2) is 40.8 Å². The van der Waals surface area contributed by atoms with E-state index in [9.17, 15) is 13.2 Å². The predicted octanol–water partition coefficient (Wildman–Crippen LogP) is 2.84. The van der Waals surface area contributed by atoms with Crippen molar-refractivity contribution in [3.8, 4) is 0 Å². The zero-order valence-electron chi connectivity index (χ0n) is 14.8. The van der Waals surface area contributed by atoms with Gasteiger partial charge in [0.15, 0.2) is 6.61 Å². The van der Waals surface area contributed by atoms with Crippen LogP contribution in [0.4, 0.5) is 0 Å². The zero-order chi connectivity index (χ0) is 18.1. The molecule has 0 spiro atoms. The highest BCUT2D eigenvalue weighted by Gasteiger charge is 2.45. The molecule has 1 aliphatic heterocycles. The number of hydrogen-bond donors (Lipinski definition) is 0. The van der Waals surface area contributed by atoms with E-state index in [0.29, 0.717) is 18.6 Å². The molecule has 0 radical (unpaired) electrons. The van der Waals surface area contributed by atoms with Crippen LogP contribution >= 0.6 is 0 Å². The highest BCUT2D eigenvalue weighted by molar-refractivity contribution is 7.90. The van der Waals surface area contributed by atoms with Crippen LogP contribution in [0.2, 0.25) is 0 Å². The number of amides is 1. The van der Waals surface area contributed by atoms with Crippen molar-refractivity contribution in [2.24, 2.45) is 4.99 Å². The summed E-state index contributed by atoms with van der Waals surface area (Å²) in [5.41, 5.74) is 1.80. The Kier molecular flexibility index (Phi) is 4.73. The monoisotopic (exact) mass is 376 g/mol. The summed E-state index contributed by atoms with van der Waals surface area (Å²) in [7, 11) is -3.57. The molecule has 0 saturated heterocycles. The number of allylic oxidation sites excluding steroid dienone is 4. The molecule has 7 heteroatoms. The van der Waals surface area contributed by atoms with E-state index in [2.05, 4.69) is 4.99 Å². The molecule has 0 aromatic carbocycles. The minimum atomic E-state index is -3.57. The minimum absolute atomic E-state index is 0.216. The standard InChI is InChI=1S/C19H24N2O4S/c22-19(13-25-18-12-20-17-9-5-4-8-16(17)18)21(14-6-2-1-3-7-14)26(23,24)15-10-11-15/h4-5,8,12,14-15H,1-3,6-7,9-11,13H2. The van der Waals surface area contributed by atoms with Crippen molar-refractivity contribution in [1.29, 1.82) is 0 Å². The number of carbonyl (C=O) groups is 1. The summed E-state index contributed by atoms with van der Waals surface area (Å²) in [5.74, 6) is 0.0928. The smallest absolute Gasteiger partial charge is 0.274 e. The Bertz CT molecular complexity index is 812. The highest BCUT2D eigenvalue weighted by atomic mass is 32.2. The number of rotatable bonds is 6. The normalized spacial score (nSPS) is 23.0. The van der Waals surface area contributed by atoms with Crippen molar-refractivity contribution in [3.63, 3.8) is 0 Å². The molecular weight excluding hydrogens is 352 g/mol. The van der Waals surface area contributed by atoms with E-state index in [0.717, 1.165) is 54.1 Å². The first-order valence-corrected chi connectivity index (χ1v) is 10.9. The first-order valence-electron chi connectivity index (χ1n) is 9.40. The summed E-state index contributed by atoms with van der Waals surface area (Å²) in [4.78, 5) is 17.2. The average Bonchev–Trinajstić information content (AvgIpc) is 3.43. The summed E-state index contributed by atoms with van der Waals surface area (Å²) < 4.78 is 32.6. The van der Waals surface area contributed by atoms with E-state index in [1.54, 1.807) is 6.20 Å². The molecule has 0 aromatic heterocycles. The van der Waals surface area contributed by atoms with Gasteiger partial charge in [-0.05, 0) is 31.8 Å². The average molecular weight is 376 g/mol. The van der Waals surface area contributed by atoms with Crippen LogP contribution in [-0.2, 0) is 19.6 Å². The molecule has 0 atom stereocenters. The highest BCUT2D eigenvalue weighted by Crippen LogP contribution is 2.35. The fraction of sp³-hybridized carbons (Fsp3) is 0.579. The molecule has 0 bridgehead atoms. The van der Waals surface area contributed by atoms with Crippen molar-refractivity contribution >= 4 is 21.6 Å². The first-order chi connectivity index (χ1) is 12.6. The molecule has 0 aromatic rings. The zero-order valence-corrected chi connectivity index (χ0v) is 15.6. The van der Waals surface area contributed by atoms with Gasteiger partial charge in [-0.1, -0.05) is 31.4 Å². The van der Waals surface area contributed by atoms with Gasteiger partial charge in [0.25, 0.3) is 5.91 Å². The second kappa shape index (κ2) is 7.02. The van der Waals surface area contributed by atoms with Crippen molar-refractivity contribution in [2.75, 3.05) is 6.61 Å². The molecule has 1 heterocycles. The maximum absolute atomic E-state index is 12.9. The largest absolute Gasteiger partial charge is 0.481 e. The number of fused-ring (bicyclic) bond motifs is 1. The molecule has 2 fully saturated rings. The Labute approximate surface area is 154 Å². The Balaban J connectivity index is 1.46. The van der Waals surface area contributed by atoms with Gasteiger partial charge in [-0.2, -0.15) is 0 Å². The van der Waals surface area contributed by atoms with Gasteiger partial charge in [-0.25, -0.2) is 12.7 Å². The number of aliphatic imine (C=N–C) groups is 1. The lowest BCUT2D eigenvalue weighted by atomic mass is 9.95. The molecule has 0 N–H and O–H groups in total. The van der Waals surface area contributed by atoms with Crippen LogP contribution in [-0.4, -0.2) is 42.2 Å². The van der Waals surface area contributed by atoms with Crippen molar-refractivity contribution < 1.29 is 17.9 Å². The van der Waals surface area contributed by atoms with Gasteiger partial charge in [0.05, 0.1) is 17.2 Å². The third-order valence-electron chi connectivity index (χ3n) is 5.35. The fourth-order valence-electron chi connectivity index (χ4n) is 3.82. The molecule has 1 amide bonds. The topological polar surface area (TPSA) is 76.0 Å². The van der Waals surface area contributed by atoms with E-state index in [1.165, 1.54) is 0 Å². The number of sulfonamides is 1. The van der Waals surface area contributed by atoms with Crippen LogP contribution in [0, 0.1) is 0 Å². The first kappa shape index (κ1) is 17.5. The number of hydrogen-bond acceptors (Lipinski definition) is 5. The van der Waals surface area contributed by atoms with Crippen LogP contribution in [0.25, 0.3) is 0 Å². The molecule has 0 unspecified atom stereocenters. The summed E-state index contributed by atoms with van der Waals surface area (Å²) in [6.45, 7) is -0.266. The number of nitrogens with zero attached hydrogens (tertiary/aromatic N) is 2. The molecule has 4 aliphatic rings. The van der Waals surface area contributed by atoms with Gasteiger partial charge in [-0.3, -0.25) is 9.79 Å². The lowest BCUT2D eigenvalue weighted by molar-refractivity contribution is -0.131. The maximum atomic E-state index is 12.9. The van der Waals surface area contributed by atoms with E-state index >= 15 is 0 Å². The third-order valence-corrected chi connectivity index (χ3v) is 7.71. The molecule has 3 aliphatic carbocycles. The minimum Gasteiger partial charge on any atom is -0.481 e. The van der Waals surface area contributed by atoms with E-state index in [4.69, 9.17) is 4.74 Å². The molecule has 4 rings (SSSR count). The lowest BCUT2D eigenvalue weighted by Gasteiger charge is -2.33. The predicted molar refractivity (Wildman–Crippen MR) is 99.0 cm³/mol. The van der Waals surface area contributed by atoms with Crippen molar-refractivity contribution in [2.45, 2.75) is 62.7 Å². The Morgan fingerprint density at radius 3 is 2.69 bits per heavy atom. The Morgan fingerprint density at radius 1 is 1.19 bits per heavy atom. The molecule has 6 nitrogen and oxygen atoms in total. The molecule has 140 valence electrons. The molecular formula is C19H24N2O4S. The summed E-state index contributed by atoms with van der Waals surface area (Å²) in [5, 5.41) is -0.389. The Hall–Kier alpha value is -1.89. The second-order valence-electron chi connectivity index (χ2n) is 7.30. The van der Waals surface area contributed by atoms with E-state index in [1.807, 2.05) is 18.2 Å². The Morgan fingerprint density at radius 2 is 1.96 bits per heavy atom. The third kappa shape index (κ3) is 3.37. The molecule has 26 heavy (non-hydrogen) atoms. The van der Waals surface area contributed by atoms with Crippen LogP contribution in [0.5, 0.6) is 0 Å². The van der Waals surface area contributed by atoms with Crippen molar-refractivity contribution in [3.05, 3.63) is 35.8 Å². The lowest BCUT2D eigenvalue weighted by Crippen LogP contribution is -2.48. The summed E-state index contributed by atoms with van der Waals surface area (Å²) >= 11 is 0. The van der Waals surface area contributed by atoms with Gasteiger partial charge in [0.2, 0.25) is 10.0 Å². The van der Waals surface area contributed by atoms with Gasteiger partial charge in [0, 0.05) is 18.0 Å². The van der Waals surface area contributed by atoms with Crippen LogP contribution in [0.3, 0.4) is 0 Å². The molecule has 2 saturated carbocycles. The van der Waals surface area contributed by atoms with Gasteiger partial charge in [0.1, 0.15) is 5.76 Å². The quantitative estimate of drug-likeness (QED) is 0.714. The van der Waals surface area contributed by atoms with Gasteiger partial charge < -0.3 is 4.74 Å². The van der Waals surface area contributed by atoms with E-state index < -0.39 is 15.9 Å². The van der Waals surface area contributed by atoms with Gasteiger partial charge in [-0.15, -0.1) is 0 Å². The van der Waals surface area contributed by atoms with Gasteiger partial charge >= 0.3 is 0 Å².